The van der Waals surface area contributed by atoms with E-state index in [4.69, 9.17) is 18.6 Å². The fourth-order valence-corrected chi connectivity index (χ4v) is 7.79. The van der Waals surface area contributed by atoms with Crippen molar-refractivity contribution in [3.05, 3.63) is 35.1 Å². The predicted octanol–water partition coefficient (Wildman–Crippen LogP) is 5.90. The molecule has 1 fully saturated rings. The highest BCUT2D eigenvalue weighted by atomic mass is 28.4. The van der Waals surface area contributed by atoms with E-state index in [-0.39, 0.29) is 11.0 Å². The van der Waals surface area contributed by atoms with Crippen molar-refractivity contribution >= 4 is 20.4 Å². The summed E-state index contributed by atoms with van der Waals surface area (Å²) in [7, 11) is -2.19. The Morgan fingerprint density at radius 3 is 2.52 bits per heavy atom. The van der Waals surface area contributed by atoms with E-state index in [9.17, 15) is 14.7 Å². The van der Waals surface area contributed by atoms with Crippen LogP contribution >= 0.6 is 0 Å². The van der Waals surface area contributed by atoms with Crippen molar-refractivity contribution < 1.29 is 33.3 Å². The van der Waals surface area contributed by atoms with Gasteiger partial charge in [-0.2, -0.15) is 0 Å². The maximum Gasteiger partial charge on any atom is 0.408 e. The maximum absolute atomic E-state index is 13.2. The highest BCUT2D eigenvalue weighted by Crippen LogP contribution is 2.67. The third kappa shape index (κ3) is 4.44. The molecule has 4 aliphatic rings. The number of alkyl carbamates (subject to hydrolysis) is 1. The summed E-state index contributed by atoms with van der Waals surface area (Å²) in [6.45, 7) is 17.9. The van der Waals surface area contributed by atoms with Gasteiger partial charge in [0, 0.05) is 5.56 Å². The number of rotatable bonds is 5. The average molecular weight is 572 g/mol. The third-order valence-corrected chi connectivity index (χ3v) is 14.1. The van der Waals surface area contributed by atoms with E-state index < -0.39 is 49.1 Å². The van der Waals surface area contributed by atoms with Gasteiger partial charge in [0.1, 0.15) is 23.2 Å². The SMILES string of the molecule is C[C@H](NC(=O)OC(C)(C)C)C(=O)OC1=CC[C@@]2(O)[C@@H]3CCC[C@@]24c2c(ccc(O[Si](C)(C)C(C)(C)C)c2O[C@@H]14)C3. The number of carbonyl (C=O) groups excluding carboxylic acids is 2. The van der Waals surface area contributed by atoms with Gasteiger partial charge in [-0.1, -0.05) is 33.3 Å². The summed E-state index contributed by atoms with van der Waals surface area (Å²) >= 11 is 0. The fourth-order valence-electron chi connectivity index (χ4n) is 6.78. The Labute approximate surface area is 238 Å². The van der Waals surface area contributed by atoms with Gasteiger partial charge >= 0.3 is 12.1 Å². The number of ether oxygens (including phenoxy) is 3. The van der Waals surface area contributed by atoms with Crippen molar-refractivity contribution in [3.8, 4) is 11.5 Å². The largest absolute Gasteiger partial charge is 0.541 e. The van der Waals surface area contributed by atoms with Gasteiger partial charge in [0.2, 0.25) is 0 Å². The zero-order chi connectivity index (χ0) is 29.5. The highest BCUT2D eigenvalue weighted by Gasteiger charge is 2.71. The molecule has 3 aliphatic carbocycles. The second-order valence-electron chi connectivity index (χ2n) is 14.6. The molecule has 1 aromatic rings. The first-order valence-electron chi connectivity index (χ1n) is 14.6. The minimum Gasteiger partial charge on any atom is -0.541 e. The van der Waals surface area contributed by atoms with E-state index >= 15 is 0 Å². The lowest BCUT2D eigenvalue weighted by atomic mass is 9.47. The molecule has 2 N–H and O–H groups in total. The maximum atomic E-state index is 13.2. The first kappa shape index (κ1) is 29.0. The van der Waals surface area contributed by atoms with Gasteiger partial charge in [0.25, 0.3) is 8.32 Å². The monoisotopic (exact) mass is 571 g/mol. The first-order chi connectivity index (χ1) is 18.4. The van der Waals surface area contributed by atoms with Crippen molar-refractivity contribution in [1.82, 2.24) is 5.32 Å². The van der Waals surface area contributed by atoms with Gasteiger partial charge in [0.05, 0.1) is 11.0 Å². The Kier molecular flexibility index (Phi) is 6.70. The van der Waals surface area contributed by atoms with E-state index in [1.807, 2.05) is 12.1 Å². The molecule has 5 atom stereocenters. The molecule has 1 aliphatic heterocycles. The number of nitrogens with one attached hydrogen (secondary N) is 1. The van der Waals surface area contributed by atoms with Gasteiger partial charge in [-0.25, -0.2) is 9.59 Å². The highest BCUT2D eigenvalue weighted by molar-refractivity contribution is 6.74. The van der Waals surface area contributed by atoms with Crippen molar-refractivity contribution in [2.24, 2.45) is 5.92 Å². The molecular weight excluding hydrogens is 526 g/mol. The Morgan fingerprint density at radius 2 is 1.88 bits per heavy atom. The smallest absolute Gasteiger partial charge is 0.408 e. The lowest BCUT2D eigenvalue weighted by Gasteiger charge is -2.59. The zero-order valence-corrected chi connectivity index (χ0v) is 26.4. The first-order valence-corrected chi connectivity index (χ1v) is 17.5. The molecule has 1 amide bonds. The van der Waals surface area contributed by atoms with Gasteiger partial charge in [-0.05, 0) is 95.1 Å². The van der Waals surface area contributed by atoms with Gasteiger partial charge in [-0.3, -0.25) is 0 Å². The van der Waals surface area contributed by atoms with Crippen LogP contribution in [-0.2, 0) is 26.1 Å². The summed E-state index contributed by atoms with van der Waals surface area (Å²) in [4.78, 5) is 25.4. The summed E-state index contributed by atoms with van der Waals surface area (Å²) in [5.74, 6) is 1.25. The number of hydrogen-bond acceptors (Lipinski definition) is 7. The Hall–Kier alpha value is -2.52. The van der Waals surface area contributed by atoms with E-state index in [0.717, 1.165) is 31.2 Å². The van der Waals surface area contributed by atoms with Crippen LogP contribution in [0.4, 0.5) is 4.79 Å². The number of amides is 1. The number of carbonyl (C=O) groups is 2. The lowest BCUT2D eigenvalue weighted by molar-refractivity contribution is -0.160. The van der Waals surface area contributed by atoms with Crippen LogP contribution in [0.1, 0.15) is 85.3 Å². The van der Waals surface area contributed by atoms with Gasteiger partial charge in [-0.15, -0.1) is 0 Å². The number of aliphatic hydroxyl groups is 1. The second-order valence-corrected chi connectivity index (χ2v) is 19.3. The van der Waals surface area contributed by atoms with Crippen LogP contribution in [0.3, 0.4) is 0 Å². The number of hydrogen-bond donors (Lipinski definition) is 2. The van der Waals surface area contributed by atoms with Crippen LogP contribution in [0.15, 0.2) is 24.0 Å². The molecule has 220 valence electrons. The van der Waals surface area contributed by atoms with Crippen LogP contribution in [-0.4, -0.2) is 48.8 Å². The Morgan fingerprint density at radius 1 is 1.18 bits per heavy atom. The topological polar surface area (TPSA) is 103 Å². The normalized spacial score (nSPS) is 29.4. The van der Waals surface area contributed by atoms with Crippen molar-refractivity contribution in [2.45, 2.75) is 127 Å². The van der Waals surface area contributed by atoms with Crippen molar-refractivity contribution in [3.63, 3.8) is 0 Å². The third-order valence-electron chi connectivity index (χ3n) is 9.72. The molecule has 0 radical (unpaired) electrons. The molecule has 1 spiro atoms. The average Bonchev–Trinajstić information content (AvgIpc) is 3.15. The molecule has 1 saturated carbocycles. The standard InChI is InChI=1S/C31H45NO7Si/c1-18(32-27(34)38-28(2,3)4)26(33)36-22-14-16-31(35)20-11-10-15-30(31)23-19(17-20)12-13-21(24(23)37-25(22)30)39-40(8,9)29(5,6)7/h12-14,18,20,25,35H,10-11,15-17H2,1-9H3,(H,32,34)/t18-,20+,25-,30-,31+/m0/s1. The summed E-state index contributed by atoms with van der Waals surface area (Å²) in [6.07, 6.45) is 4.26. The van der Waals surface area contributed by atoms with Crippen molar-refractivity contribution in [1.29, 1.82) is 0 Å². The molecule has 0 aromatic heterocycles. The van der Waals surface area contributed by atoms with Crippen LogP contribution in [0.25, 0.3) is 0 Å². The van der Waals surface area contributed by atoms with E-state index in [1.165, 1.54) is 5.56 Å². The quantitative estimate of drug-likeness (QED) is 0.335. The molecule has 1 heterocycles. The molecule has 2 bridgehead atoms. The second kappa shape index (κ2) is 9.24. The molecule has 1 aromatic carbocycles. The summed E-state index contributed by atoms with van der Waals surface area (Å²) in [5, 5.41) is 14.9. The minimum absolute atomic E-state index is 0.00614. The predicted molar refractivity (Wildman–Crippen MR) is 154 cm³/mol. The van der Waals surface area contributed by atoms with Gasteiger partial charge in [0.15, 0.2) is 11.9 Å². The van der Waals surface area contributed by atoms with E-state index in [0.29, 0.717) is 23.7 Å². The molecular formula is C31H45NO7Si. The number of benzene rings is 1. The molecule has 5 rings (SSSR count). The van der Waals surface area contributed by atoms with E-state index in [1.54, 1.807) is 27.7 Å². The van der Waals surface area contributed by atoms with Crippen LogP contribution in [0.2, 0.25) is 18.1 Å². The zero-order valence-electron chi connectivity index (χ0n) is 25.4. The van der Waals surface area contributed by atoms with Crippen molar-refractivity contribution in [2.75, 3.05) is 0 Å². The van der Waals surface area contributed by atoms with Gasteiger partial charge < -0.3 is 29.1 Å². The molecule has 8 nitrogen and oxygen atoms in total. The van der Waals surface area contributed by atoms with Crippen LogP contribution in [0.5, 0.6) is 11.5 Å². The van der Waals surface area contributed by atoms with E-state index in [2.05, 4.69) is 45.2 Å². The van der Waals surface area contributed by atoms with Crippen LogP contribution < -0.4 is 14.5 Å². The molecule has 40 heavy (non-hydrogen) atoms. The summed E-state index contributed by atoms with van der Waals surface area (Å²) < 4.78 is 24.8. The molecule has 0 unspecified atom stereocenters. The summed E-state index contributed by atoms with van der Waals surface area (Å²) in [6, 6.07) is 3.23. The number of esters is 1. The minimum atomic E-state index is -2.19. The van der Waals surface area contributed by atoms with Crippen LogP contribution in [0, 0.1) is 5.92 Å². The lowest BCUT2D eigenvalue weighted by Crippen LogP contribution is -2.67. The molecule has 9 heteroatoms. The Bertz CT molecular complexity index is 1260. The summed E-state index contributed by atoms with van der Waals surface area (Å²) in [5.41, 5.74) is -0.207. The Balaban J connectivity index is 1.49. The molecule has 0 saturated heterocycles. The fraction of sp³-hybridized carbons (Fsp3) is 0.677.